The highest BCUT2D eigenvalue weighted by Crippen LogP contribution is 2.15. The molecule has 0 saturated heterocycles. The molecule has 184 valence electrons. The van der Waals surface area contributed by atoms with Gasteiger partial charge < -0.3 is 4.74 Å². The van der Waals surface area contributed by atoms with Crippen LogP contribution >= 0.6 is 0 Å². The van der Waals surface area contributed by atoms with E-state index in [0.29, 0.717) is 6.61 Å². The monoisotopic (exact) mass is 436 g/mol. The van der Waals surface area contributed by atoms with Crippen molar-refractivity contribution in [2.45, 2.75) is 162 Å². The molecule has 0 fully saturated rings. The Kier molecular flexibility index (Phi) is 26.5. The summed E-state index contributed by atoms with van der Waals surface area (Å²) in [5.41, 5.74) is 0. The van der Waals surface area contributed by atoms with Crippen molar-refractivity contribution < 1.29 is 9.53 Å². The topological polar surface area (TPSA) is 26.3 Å². The second-order valence-electron chi connectivity index (χ2n) is 9.45. The fourth-order valence-corrected chi connectivity index (χ4v) is 4.24. The third-order valence-corrected chi connectivity index (χ3v) is 6.29. The average molecular weight is 437 g/mol. The summed E-state index contributed by atoms with van der Waals surface area (Å²) < 4.78 is 5.10. The minimum absolute atomic E-state index is 0.207. The summed E-state index contributed by atoms with van der Waals surface area (Å²) in [5, 5.41) is 0. The zero-order chi connectivity index (χ0) is 22.7. The minimum Gasteiger partial charge on any atom is -0.463 e. The van der Waals surface area contributed by atoms with Crippen molar-refractivity contribution in [1.82, 2.24) is 0 Å². The highest BCUT2D eigenvalue weighted by molar-refractivity contribution is 5.81. The molecule has 0 rings (SSSR count). The Morgan fingerprint density at radius 2 is 0.806 bits per heavy atom. The van der Waals surface area contributed by atoms with Crippen molar-refractivity contribution in [3.05, 3.63) is 12.2 Å². The van der Waals surface area contributed by atoms with E-state index in [1.165, 1.54) is 147 Å². The van der Waals surface area contributed by atoms with Crippen molar-refractivity contribution in [2.24, 2.45) is 0 Å². The molecule has 0 unspecified atom stereocenters. The van der Waals surface area contributed by atoms with Crippen LogP contribution in [0.1, 0.15) is 162 Å². The maximum atomic E-state index is 11.2. The number of esters is 1. The highest BCUT2D eigenvalue weighted by atomic mass is 16.5. The van der Waals surface area contributed by atoms with Crippen molar-refractivity contribution >= 4 is 5.97 Å². The Morgan fingerprint density at radius 1 is 0.516 bits per heavy atom. The van der Waals surface area contributed by atoms with E-state index in [0.717, 1.165) is 6.42 Å². The third-order valence-electron chi connectivity index (χ3n) is 6.29. The Bertz CT molecular complexity index is 375. The molecule has 0 aromatic carbocycles. The SMILES string of the molecule is CC=CC(=O)OCCCCCCCCCCCCCCCCCCCCCCCCC. The number of carbonyl (C=O) groups is 1. The zero-order valence-electron chi connectivity index (χ0n) is 21.4. The van der Waals surface area contributed by atoms with Gasteiger partial charge >= 0.3 is 5.97 Å². The number of hydrogen-bond acceptors (Lipinski definition) is 2. The number of rotatable bonds is 25. The molecule has 2 heteroatoms. The second-order valence-corrected chi connectivity index (χ2v) is 9.45. The first-order chi connectivity index (χ1) is 15.3. The van der Waals surface area contributed by atoms with Crippen LogP contribution in [0.4, 0.5) is 0 Å². The Labute approximate surface area is 196 Å². The van der Waals surface area contributed by atoms with Crippen LogP contribution < -0.4 is 0 Å². The average Bonchev–Trinajstić information content (AvgIpc) is 2.77. The lowest BCUT2D eigenvalue weighted by atomic mass is 10.0. The maximum Gasteiger partial charge on any atom is 0.330 e. The summed E-state index contributed by atoms with van der Waals surface area (Å²) in [7, 11) is 0. The molecule has 0 heterocycles. The first-order valence-corrected chi connectivity index (χ1v) is 14.1. The highest BCUT2D eigenvalue weighted by Gasteiger charge is 1.97. The molecule has 0 bridgehead atoms. The first kappa shape index (κ1) is 30.2. The van der Waals surface area contributed by atoms with Gasteiger partial charge in [-0.3, -0.25) is 0 Å². The fourth-order valence-electron chi connectivity index (χ4n) is 4.24. The number of ether oxygens (including phenoxy) is 1. The lowest BCUT2D eigenvalue weighted by Crippen LogP contribution is -2.01. The lowest BCUT2D eigenvalue weighted by Gasteiger charge is -2.04. The second kappa shape index (κ2) is 27.2. The van der Waals surface area contributed by atoms with E-state index in [1.807, 2.05) is 6.92 Å². The Morgan fingerprint density at radius 3 is 1.10 bits per heavy atom. The summed E-state index contributed by atoms with van der Waals surface area (Å²) in [5.74, 6) is -0.207. The largest absolute Gasteiger partial charge is 0.463 e. The molecule has 31 heavy (non-hydrogen) atoms. The van der Waals surface area contributed by atoms with Gasteiger partial charge in [0.1, 0.15) is 0 Å². The summed E-state index contributed by atoms with van der Waals surface area (Å²) in [6.07, 6.45) is 35.4. The number of unbranched alkanes of at least 4 members (excludes halogenated alkanes) is 22. The van der Waals surface area contributed by atoms with Crippen LogP contribution in [0.15, 0.2) is 12.2 Å². The Hall–Kier alpha value is -0.790. The summed E-state index contributed by atoms with van der Waals surface area (Å²) in [6, 6.07) is 0. The van der Waals surface area contributed by atoms with E-state index in [-0.39, 0.29) is 5.97 Å². The number of hydrogen-bond donors (Lipinski definition) is 0. The van der Waals surface area contributed by atoms with Crippen molar-refractivity contribution in [3.8, 4) is 0 Å². The predicted octanol–water partition coefficient (Wildman–Crippen LogP) is 10.1. The van der Waals surface area contributed by atoms with E-state index >= 15 is 0 Å². The van der Waals surface area contributed by atoms with Gasteiger partial charge in [0.15, 0.2) is 0 Å². The molecule has 0 aliphatic rings. The summed E-state index contributed by atoms with van der Waals surface area (Å²) >= 11 is 0. The van der Waals surface area contributed by atoms with E-state index < -0.39 is 0 Å². The van der Waals surface area contributed by atoms with Gasteiger partial charge in [0.2, 0.25) is 0 Å². The molecular weight excluding hydrogens is 380 g/mol. The van der Waals surface area contributed by atoms with Gasteiger partial charge in [-0.25, -0.2) is 4.79 Å². The summed E-state index contributed by atoms with van der Waals surface area (Å²) in [6.45, 7) is 4.70. The molecule has 0 radical (unpaired) electrons. The normalized spacial score (nSPS) is 11.4. The van der Waals surface area contributed by atoms with Gasteiger partial charge in [0.25, 0.3) is 0 Å². The molecule has 0 saturated carbocycles. The predicted molar refractivity (Wildman–Crippen MR) is 138 cm³/mol. The zero-order valence-corrected chi connectivity index (χ0v) is 21.4. The van der Waals surface area contributed by atoms with Crippen LogP contribution in [0.2, 0.25) is 0 Å². The van der Waals surface area contributed by atoms with Crippen LogP contribution in [-0.2, 0) is 9.53 Å². The lowest BCUT2D eigenvalue weighted by molar-refractivity contribution is -0.137. The van der Waals surface area contributed by atoms with Gasteiger partial charge in [-0.15, -0.1) is 0 Å². The molecule has 2 nitrogen and oxygen atoms in total. The van der Waals surface area contributed by atoms with Gasteiger partial charge in [-0.1, -0.05) is 154 Å². The molecule has 0 aromatic rings. The van der Waals surface area contributed by atoms with Gasteiger partial charge in [0.05, 0.1) is 6.61 Å². The molecule has 0 N–H and O–H groups in total. The van der Waals surface area contributed by atoms with Crippen molar-refractivity contribution in [2.75, 3.05) is 6.61 Å². The summed E-state index contributed by atoms with van der Waals surface area (Å²) in [4.78, 5) is 11.2. The molecule has 0 atom stereocenters. The molecule has 0 aromatic heterocycles. The standard InChI is InChI=1S/C29H56O2/c1-3-5-6-7-8-9-10-11-12-13-14-15-16-17-18-19-20-21-22-23-24-25-26-28-31-29(30)27-4-2/h4,27H,3,5-26,28H2,1-2H3. The van der Waals surface area contributed by atoms with Crippen molar-refractivity contribution in [1.29, 1.82) is 0 Å². The molecular formula is C29H56O2. The van der Waals surface area contributed by atoms with Crippen LogP contribution in [-0.4, -0.2) is 12.6 Å². The van der Waals surface area contributed by atoms with Gasteiger partial charge in [-0.05, 0) is 13.3 Å². The maximum absolute atomic E-state index is 11.2. The third kappa shape index (κ3) is 27.2. The van der Waals surface area contributed by atoms with E-state index in [9.17, 15) is 4.79 Å². The number of carbonyl (C=O) groups excluding carboxylic acids is 1. The molecule has 0 amide bonds. The molecule has 0 spiro atoms. The van der Waals surface area contributed by atoms with E-state index in [2.05, 4.69) is 6.92 Å². The number of allylic oxidation sites excluding steroid dienone is 1. The van der Waals surface area contributed by atoms with Crippen LogP contribution in [0.25, 0.3) is 0 Å². The van der Waals surface area contributed by atoms with Crippen LogP contribution in [0, 0.1) is 0 Å². The van der Waals surface area contributed by atoms with Gasteiger partial charge in [-0.2, -0.15) is 0 Å². The van der Waals surface area contributed by atoms with E-state index in [1.54, 1.807) is 6.08 Å². The van der Waals surface area contributed by atoms with Gasteiger partial charge in [0, 0.05) is 6.08 Å². The van der Waals surface area contributed by atoms with Crippen LogP contribution in [0.5, 0.6) is 0 Å². The molecule has 0 aliphatic heterocycles. The van der Waals surface area contributed by atoms with E-state index in [4.69, 9.17) is 4.74 Å². The smallest absolute Gasteiger partial charge is 0.330 e. The Balaban J connectivity index is 3.04. The van der Waals surface area contributed by atoms with Crippen LogP contribution in [0.3, 0.4) is 0 Å². The fraction of sp³-hybridized carbons (Fsp3) is 0.897. The van der Waals surface area contributed by atoms with Crippen molar-refractivity contribution in [3.63, 3.8) is 0 Å². The minimum atomic E-state index is -0.207. The molecule has 0 aliphatic carbocycles. The first-order valence-electron chi connectivity index (χ1n) is 14.1. The quantitative estimate of drug-likeness (QED) is 0.0808.